The summed E-state index contributed by atoms with van der Waals surface area (Å²) in [7, 11) is 0. The number of hydrogen-bond donors (Lipinski definition) is 0. The predicted molar refractivity (Wildman–Crippen MR) is 634 cm³/mol. The first kappa shape index (κ1) is 83.2. The van der Waals surface area contributed by atoms with Crippen molar-refractivity contribution >= 4 is 267 Å². The first-order chi connectivity index (χ1) is 73.8. The van der Waals surface area contributed by atoms with E-state index in [1.807, 2.05) is 0 Å². The third-order valence-corrected chi connectivity index (χ3v) is 33.3. The van der Waals surface area contributed by atoms with E-state index in [9.17, 15) is 0 Å². The van der Waals surface area contributed by atoms with Gasteiger partial charge in [-0.2, -0.15) is 0 Å². The Morgan fingerprint density at radius 3 is 0.760 bits per heavy atom. The Hall–Kier alpha value is -19.2. The van der Waals surface area contributed by atoms with Crippen LogP contribution < -0.4 is 0 Å². The Balaban J connectivity index is 0.0000000975. The molecule has 22 aromatic carbocycles. The zero-order valence-corrected chi connectivity index (χ0v) is 83.2. The Labute approximate surface area is 858 Å². The van der Waals surface area contributed by atoms with Crippen molar-refractivity contribution < 1.29 is 4.42 Å². The molecule has 0 unspecified atom stereocenters. The number of benzene rings is 22. The van der Waals surface area contributed by atoms with Gasteiger partial charge in [-0.25, -0.2) is 0 Å². The molecule has 13 heterocycles. The van der Waals surface area contributed by atoms with Crippen molar-refractivity contribution in [2.45, 2.75) is 52.4 Å². The molecule has 0 saturated heterocycles. The third kappa shape index (κ3) is 11.3. The minimum atomic E-state index is -0.00601. The zero-order valence-electron chi connectivity index (χ0n) is 83.2. The number of aromatic nitrogens is 9. The number of furan rings is 1. The van der Waals surface area contributed by atoms with Crippen molar-refractivity contribution in [3.8, 4) is 34.1 Å². The molecule has 10 heteroatoms. The maximum absolute atomic E-state index is 6.81. The maximum atomic E-state index is 6.81. The SMILES string of the molecule is CC(C)(C)c1cc2c3cc4c(cc3n3c5cc6c7ccccc7n(-c7ccccc7)c6cc5c(c1)c23)c1ccccc1n4-c1ccccc1.CC(C)(C)c1cc2c3cc4c5ccccc5n(-c5ccccc5)c4cc3n3c4cc5c(cc4c(c1)c23)c1ccccc1n5-c1ccccc1.c1ccc(-n2c3ccccc3c3ccc4c(c5cc6oc7ccccc7c6c6c7c8c(ccc7n4c56)c4ccccc4n8-c4ccccc4)c32)cc1. The van der Waals surface area contributed by atoms with E-state index < -0.39 is 0 Å². The van der Waals surface area contributed by atoms with Crippen LogP contribution in [0.5, 0.6) is 0 Å². The van der Waals surface area contributed by atoms with Crippen LogP contribution in [0.4, 0.5) is 0 Å². The van der Waals surface area contributed by atoms with Gasteiger partial charge in [0.25, 0.3) is 0 Å². The smallest absolute Gasteiger partial charge is 0.136 e. The summed E-state index contributed by atoms with van der Waals surface area (Å²) in [5, 5.41) is 33.0. The lowest BCUT2D eigenvalue weighted by Crippen LogP contribution is -2.10. The van der Waals surface area contributed by atoms with Gasteiger partial charge < -0.3 is 45.0 Å². The van der Waals surface area contributed by atoms with Crippen molar-refractivity contribution in [3.63, 3.8) is 0 Å². The molecule has 704 valence electrons. The average Bonchev–Trinajstić information content (AvgIpc) is 1.50. The van der Waals surface area contributed by atoms with E-state index in [1.54, 1.807) is 0 Å². The van der Waals surface area contributed by atoms with E-state index in [-0.39, 0.29) is 10.8 Å². The molecule has 35 rings (SSSR count). The number of rotatable bonds is 6. The largest absolute Gasteiger partial charge is 0.456 e. The fourth-order valence-electron chi connectivity index (χ4n) is 26.8. The maximum Gasteiger partial charge on any atom is 0.136 e. The van der Waals surface area contributed by atoms with Gasteiger partial charge in [0.05, 0.1) is 116 Å². The van der Waals surface area contributed by atoms with Gasteiger partial charge in [0.1, 0.15) is 11.2 Å². The normalized spacial score (nSPS) is 12.7. The van der Waals surface area contributed by atoms with Gasteiger partial charge in [-0.05, 0) is 228 Å². The van der Waals surface area contributed by atoms with Crippen LogP contribution in [-0.4, -0.2) is 40.6 Å². The number of nitrogens with zero attached hydrogens (tertiary/aromatic N) is 9. The first-order valence-electron chi connectivity index (χ1n) is 52.3. The quantitative estimate of drug-likeness (QED) is 0.164. The molecule has 0 amide bonds. The van der Waals surface area contributed by atoms with Gasteiger partial charge in [-0.3, -0.25) is 0 Å². The second kappa shape index (κ2) is 30.3. The van der Waals surface area contributed by atoms with Gasteiger partial charge in [-0.1, -0.05) is 290 Å². The van der Waals surface area contributed by atoms with Crippen molar-refractivity contribution in [3.05, 3.63) is 466 Å². The summed E-state index contributed by atoms with van der Waals surface area (Å²) in [6.45, 7) is 14.0. The van der Waals surface area contributed by atoms with Gasteiger partial charge >= 0.3 is 0 Å². The van der Waals surface area contributed by atoms with Crippen molar-refractivity contribution in [2.75, 3.05) is 0 Å². The van der Waals surface area contributed by atoms with Gasteiger partial charge in [0.2, 0.25) is 0 Å². The highest BCUT2D eigenvalue weighted by atomic mass is 16.3. The Morgan fingerprint density at radius 1 is 0.140 bits per heavy atom. The summed E-state index contributed by atoms with van der Waals surface area (Å²) in [6.07, 6.45) is 0. The van der Waals surface area contributed by atoms with Gasteiger partial charge in [0.15, 0.2) is 0 Å². The second-order valence-corrected chi connectivity index (χ2v) is 43.4. The molecule has 0 saturated carbocycles. The summed E-state index contributed by atoms with van der Waals surface area (Å²) in [5.74, 6) is 0. The lowest BCUT2D eigenvalue weighted by Gasteiger charge is -2.19. The fourth-order valence-corrected chi connectivity index (χ4v) is 26.8. The predicted octanol–water partition coefficient (Wildman–Crippen LogP) is 37.6. The number of fused-ring (bicyclic) bond motifs is 42. The fraction of sp³-hybridized carbons (Fsp3) is 0.0571. The summed E-state index contributed by atoms with van der Waals surface area (Å²) in [4.78, 5) is 0. The highest BCUT2D eigenvalue weighted by Crippen LogP contribution is 2.55. The number of hydrogen-bond acceptors (Lipinski definition) is 1. The molecule has 0 radical (unpaired) electrons. The Kier molecular flexibility index (Phi) is 16.8. The molecule has 0 aliphatic heterocycles. The lowest BCUT2D eigenvalue weighted by atomic mass is 9.85. The molecular weight excluding hydrogens is 1820 g/mol. The van der Waals surface area contributed by atoms with Crippen molar-refractivity contribution in [1.82, 2.24) is 40.6 Å². The van der Waals surface area contributed by atoms with Crippen LogP contribution in [0.15, 0.2) is 459 Å². The summed E-state index contributed by atoms with van der Waals surface area (Å²) >= 11 is 0. The van der Waals surface area contributed by atoms with E-state index in [4.69, 9.17) is 4.42 Å². The van der Waals surface area contributed by atoms with Crippen molar-refractivity contribution in [2.24, 2.45) is 0 Å². The molecule has 0 atom stereocenters. The van der Waals surface area contributed by atoms with E-state index >= 15 is 0 Å². The molecule has 0 fully saturated rings. The third-order valence-electron chi connectivity index (χ3n) is 33.3. The standard InChI is InChI=1S/C48H27N3O.2C46H33N3/c1-3-13-28(14-4-1)49-36-20-10-7-17-30(36)32-23-25-38-42(46(32)49)35-27-41-43(34-19-9-12-22-40(34)52-41)45-44-39(51(38)48(35)45)26-24-33-31-18-8-11-21-37(31)50(47(33)44)29-15-5-2-6-16-29;1-46(2,3)28-22-37-35-26-41-33(31-18-10-12-20-39(31)47(41)29-14-6-4-7-15-29)24-43(35)49-44-25-34-32-19-11-13-21-40(32)48(30-16-8-5-9-17-30)42(34)27-36(44)38(23-28)45(37)49;1-46(2,3)28-22-37-35-24-33-31-18-10-12-20-39(31)47(29-14-6-4-7-15-29)41(33)26-43(35)49-44-27-42-34(25-36(44)38(23-28)45(37)49)32-19-11-13-21-40(32)48(42)30-16-8-5-9-17-30/h1-27H;2*4-27H,1-3H3. The minimum Gasteiger partial charge on any atom is -0.456 e. The number of para-hydroxylation sites is 13. The highest BCUT2D eigenvalue weighted by Gasteiger charge is 2.34. The van der Waals surface area contributed by atoms with Crippen LogP contribution in [0.1, 0.15) is 52.7 Å². The van der Waals surface area contributed by atoms with E-state index in [0.29, 0.717) is 0 Å². The van der Waals surface area contributed by atoms with Gasteiger partial charge in [0, 0.05) is 174 Å². The molecule has 0 bridgehead atoms. The summed E-state index contributed by atoms with van der Waals surface area (Å²) in [5.41, 5.74) is 37.5. The summed E-state index contributed by atoms with van der Waals surface area (Å²) in [6, 6.07) is 167. The van der Waals surface area contributed by atoms with Crippen LogP contribution in [0, 0.1) is 0 Å². The Morgan fingerprint density at radius 2 is 0.400 bits per heavy atom. The van der Waals surface area contributed by atoms with Crippen molar-refractivity contribution in [1.29, 1.82) is 0 Å². The van der Waals surface area contributed by atoms with Crippen LogP contribution >= 0.6 is 0 Å². The molecule has 150 heavy (non-hydrogen) atoms. The first-order valence-corrected chi connectivity index (χ1v) is 52.3. The lowest BCUT2D eigenvalue weighted by molar-refractivity contribution is 0.591. The molecule has 13 aromatic heterocycles. The van der Waals surface area contributed by atoms with Gasteiger partial charge in [-0.15, -0.1) is 0 Å². The minimum absolute atomic E-state index is 0.00272. The van der Waals surface area contributed by atoms with E-state index in [1.165, 1.54) is 284 Å². The monoisotopic (exact) mass is 1920 g/mol. The zero-order chi connectivity index (χ0) is 98.8. The second-order valence-electron chi connectivity index (χ2n) is 43.4. The molecule has 0 N–H and O–H groups in total. The summed E-state index contributed by atoms with van der Waals surface area (Å²) < 4.78 is 29.1. The average molecular weight is 1920 g/mol. The van der Waals surface area contributed by atoms with Crippen LogP contribution in [0.3, 0.4) is 0 Å². The molecule has 0 aliphatic rings. The van der Waals surface area contributed by atoms with E-state index in [0.717, 1.165) is 27.9 Å². The molecule has 35 aromatic rings. The highest BCUT2D eigenvalue weighted by molar-refractivity contribution is 6.42. The van der Waals surface area contributed by atoms with E-state index in [2.05, 4.69) is 537 Å². The molecule has 10 nitrogen and oxygen atoms in total. The molecule has 0 spiro atoms. The molecular formula is C140H93N9O. The molecule has 0 aliphatic carbocycles. The topological polar surface area (TPSA) is 55.9 Å². The van der Waals surface area contributed by atoms with Crippen LogP contribution in [0.2, 0.25) is 0 Å². The Bertz CT molecular complexity index is 11600. The van der Waals surface area contributed by atoms with Crippen LogP contribution in [-0.2, 0) is 10.8 Å². The van der Waals surface area contributed by atoms with Crippen LogP contribution in [0.25, 0.3) is 301 Å².